The van der Waals surface area contributed by atoms with Crippen molar-refractivity contribution in [3.8, 4) is 0 Å². The lowest BCUT2D eigenvalue weighted by atomic mass is 9.83. The number of hydrogen-bond donors (Lipinski definition) is 0. The molecule has 0 amide bonds. The fraction of sp³-hybridized carbons (Fsp3) is 0.915. The molecule has 3 aliphatic heterocycles. The summed E-state index contributed by atoms with van der Waals surface area (Å²) in [4.78, 5) is 0. The number of aromatic nitrogens is 1. The molecule has 3 saturated heterocycles. The largest absolute Gasteiger partial charge is 0.390 e. The van der Waals surface area contributed by atoms with Gasteiger partial charge in [0.25, 0.3) is 0 Å². The zero-order valence-corrected chi connectivity index (χ0v) is 64.2. The lowest BCUT2D eigenvalue weighted by Gasteiger charge is -2.51. The van der Waals surface area contributed by atoms with Crippen molar-refractivity contribution in [2.24, 2.45) is 0 Å². The quantitative estimate of drug-likeness (QED) is 0.294. The van der Waals surface area contributed by atoms with Gasteiger partial charge in [0, 0.05) is 45.5 Å². The first-order valence-corrected chi connectivity index (χ1v) is 33.0. The standard InChI is InChI=1S/C9H21NSi.2C8H21NSi.C6H17NSi.C5H13NSi.C5H14Si.C4H7NSi.C2H7NSi/c1-8(2)6-5-7-9(3,4)10(8)11;1-7(2,3)9(10)8(4,5)6;1-5-7(3)9(10)8(4)6-2;1-5(2)7(8)6(3)4;7-6-4-2-1-3-5-6;1-3-5(6)4-2;6-5-3-1-2-4-5;4-3-1-2-3/h5-7H2,1-4,11H3;1-6,10H3;7-8H,5-6H2,1-4,10H3;5-6H,1-4,8H3;1-5H2,7H3;5H,3-4H2,1-2,6H3;1-4H,6H3;1-2H2,4H3. The maximum atomic E-state index is 2.66. The van der Waals surface area contributed by atoms with E-state index in [0.29, 0.717) is 22.2 Å². The van der Waals surface area contributed by atoms with Gasteiger partial charge in [0.2, 0.25) is 0 Å². The van der Waals surface area contributed by atoms with Crippen molar-refractivity contribution in [2.75, 3.05) is 26.2 Å². The van der Waals surface area contributed by atoms with Gasteiger partial charge in [-0.25, -0.2) is 0 Å². The summed E-state index contributed by atoms with van der Waals surface area (Å²) >= 11 is 0. The third-order valence-corrected chi connectivity index (χ3v) is 27.0. The fourth-order valence-electron chi connectivity index (χ4n) is 6.58. The number of hydrogen-bond acceptors (Lipinski definition) is 6. The predicted molar refractivity (Wildman–Crippen MR) is 319 cm³/mol. The first kappa shape index (κ1) is 69.3. The van der Waals surface area contributed by atoms with Crippen molar-refractivity contribution in [1.29, 1.82) is 0 Å². The molecule has 62 heavy (non-hydrogen) atoms. The first-order valence-electron chi connectivity index (χ1n) is 25.5. The second-order valence-electron chi connectivity index (χ2n) is 22.9. The molecular formula is C47H121N7Si8. The van der Waals surface area contributed by atoms with Gasteiger partial charge in [0.05, 0.1) is 62.4 Å². The van der Waals surface area contributed by atoms with Crippen molar-refractivity contribution < 1.29 is 0 Å². The minimum Gasteiger partial charge on any atom is -0.390 e. The summed E-state index contributed by atoms with van der Waals surface area (Å²) in [6, 6.07) is 7.13. The van der Waals surface area contributed by atoms with E-state index in [-0.39, 0.29) is 0 Å². The Kier molecular flexibility index (Phi) is 41.1. The van der Waals surface area contributed by atoms with Crippen molar-refractivity contribution in [1.82, 2.24) is 31.6 Å². The van der Waals surface area contributed by atoms with E-state index in [2.05, 4.69) is 182 Å². The van der Waals surface area contributed by atoms with Crippen LogP contribution < -0.4 is 0 Å². The fourth-order valence-corrected chi connectivity index (χ4v) is 8.94. The van der Waals surface area contributed by atoms with E-state index in [9.17, 15) is 0 Å². The highest BCUT2D eigenvalue weighted by Crippen LogP contribution is 2.35. The molecule has 3 aliphatic rings. The average Bonchev–Trinajstić information content (AvgIpc) is 3.83. The molecule has 0 aromatic carbocycles. The zero-order valence-electron chi connectivity index (χ0n) is 48.2. The van der Waals surface area contributed by atoms with E-state index in [1.165, 1.54) is 153 Å². The van der Waals surface area contributed by atoms with Crippen molar-refractivity contribution in [3.05, 3.63) is 24.5 Å². The SMILES string of the molecule is CC(C)(C)N([SiH3])C(C)(C)C.CC(C)N([SiH3])C(C)C.CC1(C)CCCC(C)(C)N1[SiH3].CCC(C)N([SiH3])C(C)CC.CCC([SiH3])CC.[SiH3]N1CC1.[SiH3]N1CCCCC1.[SiH3]n1cccc1. The molecule has 0 saturated carbocycles. The Morgan fingerprint density at radius 2 is 0.871 bits per heavy atom. The molecule has 0 spiro atoms. The number of piperidine rings is 2. The van der Waals surface area contributed by atoms with Gasteiger partial charge in [-0.15, -0.1) is 0 Å². The van der Waals surface area contributed by atoms with Crippen LogP contribution in [0.2, 0.25) is 5.54 Å². The second-order valence-corrected chi connectivity index (χ2v) is 32.0. The molecule has 4 rings (SSSR count). The van der Waals surface area contributed by atoms with Gasteiger partial charge in [0.1, 0.15) is 10.4 Å². The van der Waals surface area contributed by atoms with Crippen molar-refractivity contribution >= 4 is 83.1 Å². The summed E-state index contributed by atoms with van der Waals surface area (Å²) in [5, 5.41) is 0. The normalized spacial score (nSPS) is 18.8. The maximum absolute atomic E-state index is 2.66. The van der Waals surface area contributed by atoms with Gasteiger partial charge in [-0.1, -0.05) is 94.0 Å². The molecule has 15 heteroatoms. The summed E-state index contributed by atoms with van der Waals surface area (Å²) in [5.74, 6) is 0. The minimum absolute atomic E-state index is 0.338. The highest BCUT2D eigenvalue weighted by atomic mass is 28.2. The molecule has 0 bridgehead atoms. The second kappa shape index (κ2) is 36.8. The Hall–Kier alpha value is 0.775. The Labute approximate surface area is 417 Å². The molecule has 7 nitrogen and oxygen atoms in total. The molecular weight excluding hydrogens is 887 g/mol. The first-order chi connectivity index (χ1) is 28.2. The molecule has 0 N–H and O–H groups in total. The molecule has 2 atom stereocenters. The van der Waals surface area contributed by atoms with Gasteiger partial charge >= 0.3 is 0 Å². The Balaban J connectivity index is -0.000000314. The molecule has 2 unspecified atom stereocenters. The smallest absolute Gasteiger partial charge is 0.112 e. The van der Waals surface area contributed by atoms with E-state index in [1.54, 1.807) is 0 Å². The topological polar surface area (TPSA) is 24.1 Å². The van der Waals surface area contributed by atoms with E-state index in [0.717, 1.165) is 50.5 Å². The third-order valence-electron chi connectivity index (χ3n) is 14.0. The monoisotopic (exact) mass is 1010 g/mol. The van der Waals surface area contributed by atoms with Crippen LogP contribution >= 0.6 is 0 Å². The molecule has 0 radical (unpaired) electrons. The van der Waals surface area contributed by atoms with E-state index < -0.39 is 0 Å². The average molecular weight is 1010 g/mol. The highest BCUT2D eigenvalue weighted by Gasteiger charge is 2.37. The van der Waals surface area contributed by atoms with Crippen LogP contribution in [0.5, 0.6) is 0 Å². The van der Waals surface area contributed by atoms with Crippen LogP contribution in [0.15, 0.2) is 24.5 Å². The van der Waals surface area contributed by atoms with Crippen LogP contribution in [0.1, 0.15) is 203 Å². The third kappa shape index (κ3) is 38.8. The van der Waals surface area contributed by atoms with Gasteiger partial charge < -0.3 is 31.6 Å². The van der Waals surface area contributed by atoms with Crippen LogP contribution in [-0.4, -0.2) is 187 Å². The van der Waals surface area contributed by atoms with E-state index in [4.69, 9.17) is 0 Å². The van der Waals surface area contributed by atoms with Gasteiger partial charge in [-0.2, -0.15) is 0 Å². The van der Waals surface area contributed by atoms with E-state index >= 15 is 0 Å². The lowest BCUT2D eigenvalue weighted by Crippen LogP contribution is -2.57. The summed E-state index contributed by atoms with van der Waals surface area (Å²) < 4.78 is 17.3. The molecule has 1 aromatic rings. The molecule has 0 aliphatic carbocycles. The van der Waals surface area contributed by atoms with Gasteiger partial charge in [-0.3, -0.25) is 0 Å². The molecule has 1 aromatic heterocycles. The lowest BCUT2D eigenvalue weighted by molar-refractivity contribution is 0.0577. The van der Waals surface area contributed by atoms with Crippen LogP contribution in [-0.2, 0) is 0 Å². The molecule has 3 fully saturated rings. The highest BCUT2D eigenvalue weighted by molar-refractivity contribution is 6.11. The van der Waals surface area contributed by atoms with Crippen LogP contribution in [0, 0.1) is 0 Å². The Morgan fingerprint density at radius 3 is 1.00 bits per heavy atom. The summed E-state index contributed by atoms with van der Waals surface area (Å²) in [6.45, 7) is 51.3. The molecule has 376 valence electrons. The zero-order chi connectivity index (χ0) is 49.7. The Bertz CT molecular complexity index is 1070. The molecule has 4 heterocycles. The van der Waals surface area contributed by atoms with Gasteiger partial charge in [-0.05, 0) is 176 Å². The number of rotatable bonds is 8. The van der Waals surface area contributed by atoms with Crippen LogP contribution in [0.4, 0.5) is 0 Å². The van der Waals surface area contributed by atoms with Crippen LogP contribution in [0.25, 0.3) is 0 Å². The minimum atomic E-state index is 0.338. The predicted octanol–water partition coefficient (Wildman–Crippen LogP) is 2.94. The van der Waals surface area contributed by atoms with Crippen molar-refractivity contribution in [3.63, 3.8) is 0 Å². The summed E-state index contributed by atoms with van der Waals surface area (Å²) in [7, 11) is 9.82. The summed E-state index contributed by atoms with van der Waals surface area (Å²) in [6.07, 6.45) is 18.0. The Morgan fingerprint density at radius 1 is 0.532 bits per heavy atom. The van der Waals surface area contributed by atoms with Crippen LogP contribution in [0.3, 0.4) is 0 Å². The maximum Gasteiger partial charge on any atom is 0.112 e. The van der Waals surface area contributed by atoms with Gasteiger partial charge in [0.15, 0.2) is 0 Å². The van der Waals surface area contributed by atoms with E-state index in [1.807, 2.05) is 12.1 Å². The summed E-state index contributed by atoms with van der Waals surface area (Å²) in [5.41, 5.74) is 2.68. The van der Waals surface area contributed by atoms with Crippen molar-refractivity contribution in [2.45, 2.75) is 255 Å². The number of nitrogens with zero attached hydrogens (tertiary/aromatic N) is 7.